The minimum absolute atomic E-state index is 0.386. The Bertz CT molecular complexity index is 425. The van der Waals surface area contributed by atoms with Gasteiger partial charge in [-0.05, 0) is 13.8 Å². The fourth-order valence-electron chi connectivity index (χ4n) is 2.21. The van der Waals surface area contributed by atoms with Gasteiger partial charge in [-0.2, -0.15) is 0 Å². The zero-order valence-electron chi connectivity index (χ0n) is 10.1. The molecular formula is C10H12Cl3NO4S. The number of aliphatic hydroxyl groups excluding tert-OH is 1. The van der Waals surface area contributed by atoms with Gasteiger partial charge in [-0.25, -0.2) is 4.79 Å². The van der Waals surface area contributed by atoms with Crippen molar-refractivity contribution < 1.29 is 19.4 Å². The summed E-state index contributed by atoms with van der Waals surface area (Å²) in [7, 11) is 0. The molecule has 0 aromatic carbocycles. The van der Waals surface area contributed by atoms with Crippen LogP contribution in [0.25, 0.3) is 0 Å². The highest BCUT2D eigenvalue weighted by Gasteiger charge is 2.63. The molecule has 0 saturated carbocycles. The van der Waals surface area contributed by atoms with Crippen molar-refractivity contribution in [2.75, 3.05) is 6.61 Å². The van der Waals surface area contributed by atoms with E-state index in [0.717, 1.165) is 0 Å². The molecule has 0 bridgehead atoms. The average molecular weight is 349 g/mol. The van der Waals surface area contributed by atoms with Gasteiger partial charge < -0.3 is 14.7 Å². The maximum atomic E-state index is 12.1. The van der Waals surface area contributed by atoms with Gasteiger partial charge >= 0.3 is 5.97 Å². The number of aliphatic hydroxyl groups is 1. The maximum Gasteiger partial charge on any atom is 0.330 e. The van der Waals surface area contributed by atoms with E-state index in [9.17, 15) is 14.7 Å². The van der Waals surface area contributed by atoms with Gasteiger partial charge in [0.2, 0.25) is 3.79 Å². The van der Waals surface area contributed by atoms with E-state index in [-0.39, 0.29) is 6.61 Å². The monoisotopic (exact) mass is 347 g/mol. The lowest BCUT2D eigenvalue weighted by molar-refractivity contribution is -0.172. The maximum absolute atomic E-state index is 12.1. The molecule has 0 aromatic rings. The Morgan fingerprint density at radius 1 is 1.53 bits per heavy atom. The molecule has 0 unspecified atom stereocenters. The number of ether oxygens (including phenoxy) is 1. The van der Waals surface area contributed by atoms with Crippen LogP contribution in [0.15, 0.2) is 0 Å². The molecule has 2 aliphatic rings. The van der Waals surface area contributed by atoms with E-state index in [1.54, 1.807) is 13.8 Å². The van der Waals surface area contributed by atoms with E-state index < -0.39 is 37.9 Å². The molecule has 0 radical (unpaired) electrons. The Hall–Kier alpha value is 0.120. The number of nitrogens with zero attached hydrogens (tertiary/aromatic N) is 1. The Kier molecular flexibility index (Phi) is 3.95. The third kappa shape index (κ3) is 2.78. The number of fused-ring (bicyclic) bond motifs is 1. The Morgan fingerprint density at radius 3 is 2.63 bits per heavy atom. The van der Waals surface area contributed by atoms with Crippen molar-refractivity contribution in [1.82, 2.24) is 4.90 Å². The number of alkyl halides is 3. The second kappa shape index (κ2) is 4.84. The number of β-lactam (4-membered cyclic amide) rings is 1. The molecular weight excluding hydrogens is 337 g/mol. The highest BCUT2D eigenvalue weighted by molar-refractivity contribution is 8.01. The Labute approximate surface area is 129 Å². The second-order valence-corrected chi connectivity index (χ2v) is 9.21. The molecule has 5 nitrogen and oxygen atoms in total. The van der Waals surface area contributed by atoms with Crippen LogP contribution in [0.2, 0.25) is 0 Å². The zero-order chi connectivity index (χ0) is 14.6. The van der Waals surface area contributed by atoms with Crippen LogP contribution in [0, 0.1) is 0 Å². The summed E-state index contributed by atoms with van der Waals surface area (Å²) in [4.78, 5) is 25.0. The summed E-state index contributed by atoms with van der Waals surface area (Å²) in [5.41, 5.74) is 0. The molecule has 2 saturated heterocycles. The lowest BCUT2D eigenvalue weighted by atomic mass is 9.97. The van der Waals surface area contributed by atoms with Crippen molar-refractivity contribution in [3.05, 3.63) is 0 Å². The first-order valence-corrected chi connectivity index (χ1v) is 7.47. The van der Waals surface area contributed by atoms with Gasteiger partial charge in [0, 0.05) is 4.75 Å². The number of rotatable bonds is 2. The van der Waals surface area contributed by atoms with Crippen molar-refractivity contribution in [3.8, 4) is 0 Å². The fourth-order valence-corrected chi connectivity index (χ4v) is 3.91. The lowest BCUT2D eigenvalue weighted by Gasteiger charge is -2.41. The van der Waals surface area contributed by atoms with Crippen LogP contribution in [-0.2, 0) is 14.3 Å². The molecule has 1 amide bonds. The third-order valence-corrected chi connectivity index (χ3v) is 4.90. The summed E-state index contributed by atoms with van der Waals surface area (Å²) in [5.74, 6) is -1.11. The van der Waals surface area contributed by atoms with Crippen molar-refractivity contribution in [1.29, 1.82) is 0 Å². The van der Waals surface area contributed by atoms with E-state index in [0.29, 0.717) is 0 Å². The lowest BCUT2D eigenvalue weighted by Crippen LogP contribution is -2.65. The van der Waals surface area contributed by atoms with Crippen molar-refractivity contribution >= 4 is 58.4 Å². The summed E-state index contributed by atoms with van der Waals surface area (Å²) in [5, 5.41) is 9.14. The number of amides is 1. The summed E-state index contributed by atoms with van der Waals surface area (Å²) >= 11 is 17.9. The van der Waals surface area contributed by atoms with E-state index in [4.69, 9.17) is 39.5 Å². The van der Waals surface area contributed by atoms with Crippen molar-refractivity contribution in [2.45, 2.75) is 39.9 Å². The number of carbonyl (C=O) groups excluding carboxylic acids is 2. The summed E-state index contributed by atoms with van der Waals surface area (Å²) in [6.07, 6.45) is -1.06. The minimum Gasteiger partial charge on any atom is -0.460 e. The Morgan fingerprint density at radius 2 is 2.11 bits per heavy atom. The van der Waals surface area contributed by atoms with Gasteiger partial charge in [-0.1, -0.05) is 34.8 Å². The molecule has 2 fully saturated rings. The molecule has 0 aliphatic carbocycles. The van der Waals surface area contributed by atoms with Gasteiger partial charge in [-0.15, -0.1) is 11.8 Å². The average Bonchev–Trinajstić information content (AvgIpc) is 2.53. The number of hydrogen-bond acceptors (Lipinski definition) is 5. The van der Waals surface area contributed by atoms with E-state index in [2.05, 4.69) is 0 Å². The van der Waals surface area contributed by atoms with Gasteiger partial charge in [0.05, 0.1) is 0 Å². The molecule has 0 spiro atoms. The molecule has 0 aromatic heterocycles. The Balaban J connectivity index is 2.10. The molecule has 2 aliphatic heterocycles. The topological polar surface area (TPSA) is 66.8 Å². The predicted octanol–water partition coefficient (Wildman–Crippen LogP) is 1.32. The standard InChI is InChI=1S/C10H12Cl3NO4S/c1-9(2)5(8(17)18-3-10(11,12)13)14-6(16)4(15)7(14)19-9/h4-5,7,15H,3H2,1-2H3/t4-,5-,7+/m0/s1. The van der Waals surface area contributed by atoms with E-state index >= 15 is 0 Å². The third-order valence-electron chi connectivity index (χ3n) is 3.01. The van der Waals surface area contributed by atoms with Crippen molar-refractivity contribution in [2.24, 2.45) is 0 Å². The normalized spacial score (nSPS) is 32.8. The highest BCUT2D eigenvalue weighted by atomic mass is 35.6. The van der Waals surface area contributed by atoms with Gasteiger partial charge in [0.15, 0.2) is 6.10 Å². The number of halogens is 3. The molecule has 3 atom stereocenters. The molecule has 2 rings (SSSR count). The highest BCUT2D eigenvalue weighted by Crippen LogP contribution is 2.51. The van der Waals surface area contributed by atoms with Gasteiger partial charge in [0.1, 0.15) is 18.0 Å². The molecule has 108 valence electrons. The van der Waals surface area contributed by atoms with E-state index in [1.165, 1.54) is 16.7 Å². The fraction of sp³-hybridized carbons (Fsp3) is 0.800. The first-order valence-electron chi connectivity index (χ1n) is 5.46. The molecule has 1 N–H and O–H groups in total. The summed E-state index contributed by atoms with van der Waals surface area (Å²) < 4.78 is 2.68. The van der Waals surface area contributed by atoms with Gasteiger partial charge in [0.25, 0.3) is 5.91 Å². The number of esters is 1. The zero-order valence-corrected chi connectivity index (χ0v) is 13.2. The SMILES string of the molecule is CC1(C)S[C@@H]2[C@@H](O)C(=O)N2[C@H]1C(=O)OCC(Cl)(Cl)Cl. The summed E-state index contributed by atoms with van der Waals surface area (Å²) in [6.45, 7) is 3.22. The summed E-state index contributed by atoms with van der Waals surface area (Å²) in [6, 6.07) is -0.786. The molecule has 2 heterocycles. The van der Waals surface area contributed by atoms with Crippen LogP contribution in [0.1, 0.15) is 13.8 Å². The number of hydrogen-bond donors (Lipinski definition) is 1. The van der Waals surface area contributed by atoms with Crippen molar-refractivity contribution in [3.63, 3.8) is 0 Å². The van der Waals surface area contributed by atoms with Crippen LogP contribution in [-0.4, -0.2) is 54.5 Å². The van der Waals surface area contributed by atoms with E-state index in [1.807, 2.05) is 0 Å². The first kappa shape index (κ1) is 15.5. The number of carbonyl (C=O) groups is 2. The second-order valence-electron chi connectivity index (χ2n) is 4.93. The number of thioether (sulfide) groups is 1. The van der Waals surface area contributed by atoms with Crippen LogP contribution in [0.5, 0.6) is 0 Å². The van der Waals surface area contributed by atoms with Crippen LogP contribution < -0.4 is 0 Å². The quantitative estimate of drug-likeness (QED) is 0.463. The van der Waals surface area contributed by atoms with Crippen LogP contribution in [0.3, 0.4) is 0 Å². The first-order chi connectivity index (χ1) is 8.54. The minimum atomic E-state index is -1.69. The largest absolute Gasteiger partial charge is 0.460 e. The molecule has 19 heavy (non-hydrogen) atoms. The van der Waals surface area contributed by atoms with Crippen LogP contribution in [0.4, 0.5) is 0 Å². The van der Waals surface area contributed by atoms with Crippen LogP contribution >= 0.6 is 46.6 Å². The smallest absolute Gasteiger partial charge is 0.330 e. The molecule has 9 heteroatoms. The van der Waals surface area contributed by atoms with Gasteiger partial charge in [-0.3, -0.25) is 4.79 Å². The predicted molar refractivity (Wildman–Crippen MR) is 73.3 cm³/mol.